The zero-order chi connectivity index (χ0) is 10.0. The van der Waals surface area contributed by atoms with Gasteiger partial charge in [0, 0.05) is 13.5 Å². The zero-order valence-electron chi connectivity index (χ0n) is 7.08. The predicted molar refractivity (Wildman–Crippen MR) is 39.9 cm³/mol. The normalized spacial score (nSPS) is 40.2. The highest BCUT2D eigenvalue weighted by Gasteiger charge is 2.39. The van der Waals surface area contributed by atoms with Crippen molar-refractivity contribution in [3.63, 3.8) is 0 Å². The number of aliphatic hydroxyl groups is 2. The molecule has 6 nitrogen and oxygen atoms in total. The summed E-state index contributed by atoms with van der Waals surface area (Å²) in [6, 6.07) is 0. The average molecular weight is 192 g/mol. The highest BCUT2D eigenvalue weighted by Crippen LogP contribution is 2.20. The van der Waals surface area contributed by atoms with E-state index in [0.29, 0.717) is 0 Å². The molecule has 1 fully saturated rings. The van der Waals surface area contributed by atoms with Crippen LogP contribution in [0.25, 0.3) is 0 Å². The maximum Gasteiger partial charge on any atom is 0.333 e. The molecule has 76 valence electrons. The van der Waals surface area contributed by atoms with Crippen molar-refractivity contribution in [1.82, 2.24) is 0 Å². The van der Waals surface area contributed by atoms with E-state index in [4.69, 9.17) is 9.84 Å². The van der Waals surface area contributed by atoms with Gasteiger partial charge in [-0.05, 0) is 0 Å². The van der Waals surface area contributed by atoms with Crippen molar-refractivity contribution < 1.29 is 29.6 Å². The third-order valence-electron chi connectivity index (χ3n) is 1.93. The molecule has 1 rings (SSSR count). The molecule has 0 radical (unpaired) electrons. The maximum atomic E-state index is 10.5. The number of carboxylic acids is 1. The minimum absolute atomic E-state index is 0.129. The van der Waals surface area contributed by atoms with Crippen LogP contribution < -0.4 is 0 Å². The molecule has 1 aliphatic rings. The van der Waals surface area contributed by atoms with Crippen LogP contribution in [0.4, 0.5) is 0 Å². The largest absolute Gasteiger partial charge is 0.479 e. The number of carboxylic acid groups (broad SMARTS) is 1. The number of carbonyl (C=O) groups is 1. The Hall–Kier alpha value is -0.690. The van der Waals surface area contributed by atoms with E-state index < -0.39 is 30.6 Å². The number of methoxy groups -OCH3 is 1. The van der Waals surface area contributed by atoms with Gasteiger partial charge in [-0.25, -0.2) is 4.79 Å². The Morgan fingerprint density at radius 1 is 1.54 bits per heavy atom. The predicted octanol–water partition coefficient (Wildman–Crippen LogP) is -1.45. The Morgan fingerprint density at radius 3 is 2.62 bits per heavy atom. The molecule has 0 saturated carbocycles. The molecule has 0 aromatic carbocycles. The van der Waals surface area contributed by atoms with E-state index in [0.717, 1.165) is 0 Å². The van der Waals surface area contributed by atoms with Crippen molar-refractivity contribution >= 4 is 5.97 Å². The maximum absolute atomic E-state index is 10.5. The van der Waals surface area contributed by atoms with E-state index in [-0.39, 0.29) is 6.42 Å². The number of aliphatic carboxylic acids is 1. The number of ether oxygens (including phenoxy) is 2. The Bertz CT molecular complexity index is 193. The Morgan fingerprint density at radius 2 is 2.15 bits per heavy atom. The molecule has 0 aromatic heterocycles. The lowest BCUT2D eigenvalue weighted by molar-refractivity contribution is -0.258. The summed E-state index contributed by atoms with van der Waals surface area (Å²) in [6.45, 7) is 0. The third-order valence-corrected chi connectivity index (χ3v) is 1.93. The van der Waals surface area contributed by atoms with Crippen LogP contribution in [0.2, 0.25) is 0 Å². The van der Waals surface area contributed by atoms with Gasteiger partial charge >= 0.3 is 5.97 Å². The van der Waals surface area contributed by atoms with Crippen molar-refractivity contribution in [1.29, 1.82) is 0 Å². The van der Waals surface area contributed by atoms with Crippen molar-refractivity contribution in [3.8, 4) is 0 Å². The molecule has 13 heavy (non-hydrogen) atoms. The summed E-state index contributed by atoms with van der Waals surface area (Å²) in [7, 11) is 1.27. The second-order valence-electron chi connectivity index (χ2n) is 2.86. The Kier molecular flexibility index (Phi) is 3.21. The van der Waals surface area contributed by atoms with Crippen LogP contribution in [0.5, 0.6) is 0 Å². The van der Waals surface area contributed by atoms with Crippen LogP contribution in [0.3, 0.4) is 0 Å². The van der Waals surface area contributed by atoms with Gasteiger partial charge in [0.25, 0.3) is 0 Å². The molecule has 0 unspecified atom stereocenters. The van der Waals surface area contributed by atoms with Gasteiger partial charge in [-0.1, -0.05) is 0 Å². The second-order valence-corrected chi connectivity index (χ2v) is 2.86. The lowest BCUT2D eigenvalue weighted by Gasteiger charge is -2.34. The van der Waals surface area contributed by atoms with Gasteiger partial charge in [-0.2, -0.15) is 0 Å². The number of hydrogen-bond acceptors (Lipinski definition) is 5. The summed E-state index contributed by atoms with van der Waals surface area (Å²) >= 11 is 0. The molecular weight excluding hydrogens is 180 g/mol. The molecule has 3 N–H and O–H groups in total. The van der Waals surface area contributed by atoms with Gasteiger partial charge in [0.2, 0.25) is 0 Å². The van der Waals surface area contributed by atoms with E-state index in [1.807, 2.05) is 0 Å². The first-order chi connectivity index (χ1) is 6.06. The van der Waals surface area contributed by atoms with Gasteiger partial charge in [-0.3, -0.25) is 0 Å². The van der Waals surface area contributed by atoms with Crippen LogP contribution in [0.15, 0.2) is 0 Å². The lowest BCUT2D eigenvalue weighted by Crippen LogP contribution is -2.51. The third kappa shape index (κ3) is 2.16. The van der Waals surface area contributed by atoms with Crippen LogP contribution in [-0.4, -0.2) is 53.0 Å². The van der Waals surface area contributed by atoms with Gasteiger partial charge in [0.15, 0.2) is 12.4 Å². The van der Waals surface area contributed by atoms with Gasteiger partial charge < -0.3 is 24.8 Å². The van der Waals surface area contributed by atoms with Crippen molar-refractivity contribution in [3.05, 3.63) is 0 Å². The fourth-order valence-electron chi connectivity index (χ4n) is 1.19. The van der Waals surface area contributed by atoms with E-state index in [1.54, 1.807) is 0 Å². The number of aliphatic hydroxyl groups excluding tert-OH is 2. The summed E-state index contributed by atoms with van der Waals surface area (Å²) in [5.74, 6) is -1.17. The summed E-state index contributed by atoms with van der Waals surface area (Å²) in [5.41, 5.74) is 0. The molecule has 4 atom stereocenters. The van der Waals surface area contributed by atoms with E-state index in [1.165, 1.54) is 7.11 Å². The van der Waals surface area contributed by atoms with Crippen LogP contribution in [0.1, 0.15) is 6.42 Å². The highest BCUT2D eigenvalue weighted by molar-refractivity contribution is 5.72. The smallest absolute Gasteiger partial charge is 0.333 e. The molecule has 6 heteroatoms. The first kappa shape index (κ1) is 10.4. The molecule has 0 aromatic rings. The van der Waals surface area contributed by atoms with Crippen molar-refractivity contribution in [2.75, 3.05) is 7.11 Å². The minimum atomic E-state index is -1.19. The summed E-state index contributed by atoms with van der Waals surface area (Å²) in [5, 5.41) is 27.1. The first-order valence-electron chi connectivity index (χ1n) is 3.83. The summed E-state index contributed by atoms with van der Waals surface area (Å²) in [6.07, 6.45) is -4.65. The van der Waals surface area contributed by atoms with Crippen molar-refractivity contribution in [2.45, 2.75) is 31.0 Å². The second kappa shape index (κ2) is 4.01. The van der Waals surface area contributed by atoms with E-state index in [9.17, 15) is 15.0 Å². The lowest BCUT2D eigenvalue weighted by atomic mass is 10.0. The van der Waals surface area contributed by atoms with E-state index in [2.05, 4.69) is 4.74 Å². The summed E-state index contributed by atoms with van der Waals surface area (Å²) in [4.78, 5) is 10.5. The topological polar surface area (TPSA) is 96.2 Å². The van der Waals surface area contributed by atoms with Gasteiger partial charge in [0.1, 0.15) is 6.10 Å². The monoisotopic (exact) mass is 192 g/mol. The summed E-state index contributed by atoms with van der Waals surface area (Å²) < 4.78 is 9.51. The number of hydrogen-bond donors (Lipinski definition) is 3. The molecule has 0 aliphatic carbocycles. The average Bonchev–Trinajstić information content (AvgIpc) is 2.09. The molecule has 1 aliphatic heterocycles. The van der Waals surface area contributed by atoms with Gasteiger partial charge in [-0.15, -0.1) is 0 Å². The standard InChI is InChI=1S/C7H12O6/c1-12-7-5(9)3(8)2-4(13-7)6(10)11/h3-5,7-9H,2H2,1H3,(H,10,11)/t3-,4-,5+,7+/m1/s1. The first-order valence-corrected chi connectivity index (χ1v) is 3.83. The highest BCUT2D eigenvalue weighted by atomic mass is 16.7. The molecule has 0 amide bonds. The molecule has 1 heterocycles. The molecule has 1 saturated heterocycles. The Labute approximate surface area is 74.7 Å². The van der Waals surface area contributed by atoms with Crippen molar-refractivity contribution in [2.24, 2.45) is 0 Å². The minimum Gasteiger partial charge on any atom is -0.479 e. The number of rotatable bonds is 2. The Balaban J connectivity index is 2.63. The fraction of sp³-hybridized carbons (Fsp3) is 0.857. The fourth-order valence-corrected chi connectivity index (χ4v) is 1.19. The molecule has 0 bridgehead atoms. The SMILES string of the molecule is CO[C@H]1O[C@@H](C(=O)O)C[C@@H](O)[C@@H]1O. The zero-order valence-corrected chi connectivity index (χ0v) is 7.08. The molecule has 0 spiro atoms. The quantitative estimate of drug-likeness (QED) is 0.495. The van der Waals surface area contributed by atoms with Crippen LogP contribution >= 0.6 is 0 Å². The molecular formula is C7H12O6. The van der Waals surface area contributed by atoms with Crippen LogP contribution in [-0.2, 0) is 14.3 Å². The van der Waals surface area contributed by atoms with Crippen LogP contribution in [0, 0.1) is 0 Å². The van der Waals surface area contributed by atoms with Gasteiger partial charge in [0.05, 0.1) is 6.10 Å². The van der Waals surface area contributed by atoms with E-state index >= 15 is 0 Å².